The fourth-order valence-electron chi connectivity index (χ4n) is 4.98. The van der Waals surface area contributed by atoms with E-state index in [2.05, 4.69) is 5.10 Å². The molecule has 0 saturated carbocycles. The minimum atomic E-state index is -0.709. The molecule has 0 radical (unpaired) electrons. The largest absolute Gasteiger partial charge is 0.384 e. The average Bonchev–Trinajstić information content (AvgIpc) is 3.37. The SMILES string of the molecule is Cc1cc(N)n(CC(=O)N2CC[C@@]34OC[C@@H](c5ccccc5)N3C(=O)C[C@@H]24)n1. The maximum atomic E-state index is 13.0. The Balaban J connectivity index is 1.40. The highest BCUT2D eigenvalue weighted by Gasteiger charge is 2.65. The maximum absolute atomic E-state index is 13.0. The molecule has 3 atom stereocenters. The van der Waals surface area contributed by atoms with E-state index in [9.17, 15) is 9.59 Å². The van der Waals surface area contributed by atoms with Crippen molar-refractivity contribution in [3.8, 4) is 0 Å². The number of aryl methyl sites for hydroxylation is 1. The van der Waals surface area contributed by atoms with Gasteiger partial charge < -0.3 is 20.3 Å². The van der Waals surface area contributed by atoms with E-state index in [0.717, 1.165) is 11.3 Å². The maximum Gasteiger partial charge on any atom is 0.244 e. The number of likely N-dealkylation sites (tertiary alicyclic amines) is 1. The van der Waals surface area contributed by atoms with Crippen LogP contribution in [-0.2, 0) is 20.9 Å². The van der Waals surface area contributed by atoms with E-state index < -0.39 is 5.72 Å². The fourth-order valence-corrected chi connectivity index (χ4v) is 4.98. The first-order valence-electron chi connectivity index (χ1n) is 9.60. The molecule has 0 unspecified atom stereocenters. The summed E-state index contributed by atoms with van der Waals surface area (Å²) in [5.41, 5.74) is 7.06. The lowest BCUT2D eigenvalue weighted by atomic mass is 10.0. The number of ether oxygens (including phenoxy) is 1. The molecule has 0 bridgehead atoms. The second-order valence-corrected chi connectivity index (χ2v) is 7.77. The van der Waals surface area contributed by atoms with Crippen molar-refractivity contribution in [1.82, 2.24) is 19.6 Å². The summed E-state index contributed by atoms with van der Waals surface area (Å²) >= 11 is 0. The molecule has 8 nitrogen and oxygen atoms in total. The first kappa shape index (κ1) is 17.2. The topological polar surface area (TPSA) is 93.7 Å². The molecule has 2 aromatic rings. The van der Waals surface area contributed by atoms with Gasteiger partial charge in [-0.25, -0.2) is 4.68 Å². The van der Waals surface area contributed by atoms with Crippen LogP contribution in [0.3, 0.4) is 0 Å². The van der Waals surface area contributed by atoms with Crippen LogP contribution >= 0.6 is 0 Å². The molecule has 5 rings (SSSR count). The molecule has 3 aliphatic heterocycles. The van der Waals surface area contributed by atoms with Gasteiger partial charge in [0.05, 0.1) is 30.8 Å². The van der Waals surface area contributed by atoms with E-state index in [4.69, 9.17) is 10.5 Å². The third kappa shape index (κ3) is 2.37. The van der Waals surface area contributed by atoms with Crippen LogP contribution in [0.1, 0.15) is 30.1 Å². The van der Waals surface area contributed by atoms with Crippen molar-refractivity contribution in [1.29, 1.82) is 0 Å². The molecule has 1 aromatic heterocycles. The Morgan fingerprint density at radius 1 is 1.36 bits per heavy atom. The van der Waals surface area contributed by atoms with E-state index in [0.29, 0.717) is 31.8 Å². The van der Waals surface area contributed by atoms with Crippen LogP contribution in [0.25, 0.3) is 0 Å². The zero-order valence-electron chi connectivity index (χ0n) is 15.7. The molecular formula is C20H23N5O3. The molecule has 1 spiro atoms. The molecule has 28 heavy (non-hydrogen) atoms. The van der Waals surface area contributed by atoms with Crippen LogP contribution < -0.4 is 5.73 Å². The Labute approximate surface area is 162 Å². The van der Waals surface area contributed by atoms with E-state index in [1.165, 1.54) is 4.68 Å². The number of rotatable bonds is 3. The summed E-state index contributed by atoms with van der Waals surface area (Å²) < 4.78 is 7.76. The zero-order valence-corrected chi connectivity index (χ0v) is 15.7. The molecule has 4 heterocycles. The average molecular weight is 381 g/mol. The summed E-state index contributed by atoms with van der Waals surface area (Å²) in [5, 5.41) is 4.27. The van der Waals surface area contributed by atoms with Crippen molar-refractivity contribution >= 4 is 17.6 Å². The van der Waals surface area contributed by atoms with Gasteiger partial charge in [-0.15, -0.1) is 0 Å². The molecule has 3 aliphatic rings. The number of anilines is 1. The number of nitrogen functional groups attached to an aromatic ring is 1. The Morgan fingerprint density at radius 2 is 2.14 bits per heavy atom. The first-order valence-corrected chi connectivity index (χ1v) is 9.60. The highest BCUT2D eigenvalue weighted by molar-refractivity contribution is 5.85. The van der Waals surface area contributed by atoms with E-state index in [1.807, 2.05) is 42.2 Å². The number of benzene rings is 1. The van der Waals surface area contributed by atoms with Crippen LogP contribution in [0.4, 0.5) is 5.82 Å². The quantitative estimate of drug-likeness (QED) is 0.859. The van der Waals surface area contributed by atoms with Gasteiger partial charge in [0.2, 0.25) is 11.8 Å². The number of nitrogens with zero attached hydrogens (tertiary/aromatic N) is 4. The van der Waals surface area contributed by atoms with E-state index in [-0.39, 0.29) is 30.4 Å². The Kier molecular flexibility index (Phi) is 3.74. The number of aromatic nitrogens is 2. The van der Waals surface area contributed by atoms with Crippen LogP contribution in [0.5, 0.6) is 0 Å². The molecule has 3 fully saturated rings. The van der Waals surface area contributed by atoms with E-state index in [1.54, 1.807) is 11.0 Å². The van der Waals surface area contributed by atoms with Gasteiger partial charge in [0.1, 0.15) is 12.4 Å². The predicted molar refractivity (Wildman–Crippen MR) is 101 cm³/mol. The van der Waals surface area contributed by atoms with Gasteiger partial charge >= 0.3 is 0 Å². The van der Waals surface area contributed by atoms with Gasteiger partial charge in [-0.05, 0) is 12.5 Å². The third-order valence-corrected chi connectivity index (χ3v) is 6.18. The number of hydrogen-bond acceptors (Lipinski definition) is 5. The van der Waals surface area contributed by atoms with E-state index >= 15 is 0 Å². The van der Waals surface area contributed by atoms with Crippen LogP contribution in [0, 0.1) is 6.92 Å². The second kappa shape index (κ2) is 6.07. The van der Waals surface area contributed by atoms with Crippen molar-refractivity contribution in [3.05, 3.63) is 47.7 Å². The highest BCUT2D eigenvalue weighted by Crippen LogP contribution is 2.51. The monoisotopic (exact) mass is 381 g/mol. The fraction of sp³-hybridized carbons (Fsp3) is 0.450. The van der Waals surface area contributed by atoms with Gasteiger partial charge in [-0.3, -0.25) is 9.59 Å². The van der Waals surface area contributed by atoms with Gasteiger partial charge in [-0.1, -0.05) is 30.3 Å². The normalized spacial score (nSPS) is 28.7. The summed E-state index contributed by atoms with van der Waals surface area (Å²) in [4.78, 5) is 29.5. The number of carbonyl (C=O) groups excluding carboxylic acids is 2. The molecule has 1 aromatic carbocycles. The molecule has 2 amide bonds. The van der Waals surface area contributed by atoms with Crippen molar-refractivity contribution < 1.29 is 14.3 Å². The Morgan fingerprint density at radius 3 is 2.86 bits per heavy atom. The Hall–Kier alpha value is -2.87. The van der Waals surface area contributed by atoms with Crippen molar-refractivity contribution in [2.45, 2.75) is 44.1 Å². The lowest BCUT2D eigenvalue weighted by Gasteiger charge is -2.33. The zero-order chi connectivity index (χ0) is 19.5. The first-order chi connectivity index (χ1) is 13.5. The van der Waals surface area contributed by atoms with Crippen LogP contribution in [0.2, 0.25) is 0 Å². The minimum Gasteiger partial charge on any atom is -0.384 e. The van der Waals surface area contributed by atoms with Gasteiger partial charge in [-0.2, -0.15) is 5.10 Å². The standard InChI is InChI=1S/C20H23N5O3/c1-13-9-17(21)24(22-13)11-19(27)23-8-7-20-16(23)10-18(26)25(20)15(12-28-20)14-5-3-2-4-6-14/h2-6,9,15-16H,7-8,10-12,21H2,1H3/t15-,16+,20-/m0/s1. The summed E-state index contributed by atoms with van der Waals surface area (Å²) in [6, 6.07) is 11.3. The van der Waals surface area contributed by atoms with Gasteiger partial charge in [0.25, 0.3) is 0 Å². The molecule has 8 heteroatoms. The molecule has 2 N–H and O–H groups in total. The summed E-state index contributed by atoms with van der Waals surface area (Å²) in [6.45, 7) is 2.93. The summed E-state index contributed by atoms with van der Waals surface area (Å²) in [6.07, 6.45) is 0.925. The highest BCUT2D eigenvalue weighted by atomic mass is 16.5. The molecule has 146 valence electrons. The number of carbonyl (C=O) groups is 2. The van der Waals surface area contributed by atoms with Crippen molar-refractivity contribution in [3.63, 3.8) is 0 Å². The summed E-state index contributed by atoms with van der Waals surface area (Å²) in [7, 11) is 0. The minimum absolute atomic E-state index is 0.0447. The molecule has 0 aliphatic carbocycles. The van der Waals surface area contributed by atoms with Crippen LogP contribution in [-0.4, -0.2) is 56.3 Å². The van der Waals surface area contributed by atoms with Crippen LogP contribution in [0.15, 0.2) is 36.4 Å². The number of hydrogen-bond donors (Lipinski definition) is 1. The third-order valence-electron chi connectivity index (χ3n) is 6.18. The number of nitrogens with two attached hydrogens (primary N) is 1. The van der Waals surface area contributed by atoms with Gasteiger partial charge in [0.15, 0.2) is 5.72 Å². The lowest BCUT2D eigenvalue weighted by molar-refractivity contribution is -0.141. The van der Waals surface area contributed by atoms with Crippen molar-refractivity contribution in [2.75, 3.05) is 18.9 Å². The predicted octanol–water partition coefficient (Wildman–Crippen LogP) is 1.07. The van der Waals surface area contributed by atoms with Gasteiger partial charge in [0, 0.05) is 19.0 Å². The summed E-state index contributed by atoms with van der Waals surface area (Å²) in [5.74, 6) is 0.423. The molecule has 3 saturated heterocycles. The molecular weight excluding hydrogens is 358 g/mol. The second-order valence-electron chi connectivity index (χ2n) is 7.77. The Bertz CT molecular complexity index is 943. The number of amides is 2. The smallest absolute Gasteiger partial charge is 0.244 e. The lowest BCUT2D eigenvalue weighted by Crippen LogP contribution is -2.49. The van der Waals surface area contributed by atoms with Crippen molar-refractivity contribution in [2.24, 2.45) is 0 Å².